The van der Waals surface area contributed by atoms with Crippen LogP contribution in [-0.2, 0) is 6.42 Å². The van der Waals surface area contributed by atoms with E-state index in [-0.39, 0.29) is 0 Å². The molecular formula is C14H14N4. The Bertz CT molecular complexity index is 683. The molecule has 0 unspecified atom stereocenters. The molecule has 4 heteroatoms. The molecule has 0 saturated carbocycles. The molecule has 3 aromatic rings. The van der Waals surface area contributed by atoms with E-state index >= 15 is 0 Å². The number of rotatable bonds is 2. The number of aromatic amines is 1. The molecule has 3 N–H and O–H groups in total. The summed E-state index contributed by atoms with van der Waals surface area (Å²) in [5.41, 5.74) is 10.7. The third kappa shape index (κ3) is 1.93. The van der Waals surface area contributed by atoms with Crippen molar-refractivity contribution in [2.75, 3.05) is 5.73 Å². The second-order valence-electron chi connectivity index (χ2n) is 4.50. The van der Waals surface area contributed by atoms with Crippen molar-refractivity contribution in [2.45, 2.75) is 13.3 Å². The van der Waals surface area contributed by atoms with E-state index in [0.717, 1.165) is 17.5 Å². The Hall–Kier alpha value is -2.36. The van der Waals surface area contributed by atoms with E-state index < -0.39 is 0 Å². The highest BCUT2D eigenvalue weighted by molar-refractivity contribution is 5.80. The summed E-state index contributed by atoms with van der Waals surface area (Å²) in [6, 6.07) is 10.4. The quantitative estimate of drug-likeness (QED) is 0.720. The van der Waals surface area contributed by atoms with Gasteiger partial charge in [0.25, 0.3) is 0 Å². The van der Waals surface area contributed by atoms with Crippen LogP contribution in [0.4, 0.5) is 5.69 Å². The first-order chi connectivity index (χ1) is 8.72. The Balaban J connectivity index is 1.99. The summed E-state index contributed by atoms with van der Waals surface area (Å²) in [7, 11) is 0. The number of H-pyrrole nitrogens is 1. The van der Waals surface area contributed by atoms with Crippen LogP contribution in [0, 0.1) is 6.92 Å². The highest BCUT2D eigenvalue weighted by Gasteiger charge is 2.07. The fraction of sp³-hybridized carbons (Fsp3) is 0.143. The van der Waals surface area contributed by atoms with Gasteiger partial charge >= 0.3 is 0 Å². The zero-order valence-corrected chi connectivity index (χ0v) is 10.1. The molecule has 0 aliphatic carbocycles. The maximum Gasteiger partial charge on any atom is 0.181 e. The lowest BCUT2D eigenvalue weighted by Gasteiger charge is -2.01. The summed E-state index contributed by atoms with van der Waals surface area (Å²) in [5, 5.41) is 8.21. The lowest BCUT2D eigenvalue weighted by atomic mass is 10.1. The first-order valence-electron chi connectivity index (χ1n) is 5.86. The number of aryl methyl sites for hydroxylation is 1. The van der Waals surface area contributed by atoms with Crippen molar-refractivity contribution in [1.82, 2.24) is 15.2 Å². The minimum Gasteiger partial charge on any atom is -0.397 e. The van der Waals surface area contributed by atoms with Crippen LogP contribution in [0.5, 0.6) is 0 Å². The molecule has 0 radical (unpaired) electrons. The molecule has 0 atom stereocenters. The van der Waals surface area contributed by atoms with Crippen molar-refractivity contribution in [1.29, 1.82) is 0 Å². The summed E-state index contributed by atoms with van der Waals surface area (Å²) in [6.45, 7) is 2.08. The third-order valence-electron chi connectivity index (χ3n) is 3.01. The van der Waals surface area contributed by atoms with Gasteiger partial charge in [0.2, 0.25) is 0 Å². The van der Waals surface area contributed by atoms with Gasteiger partial charge in [-0.2, -0.15) is 5.10 Å². The molecular weight excluding hydrogens is 224 g/mol. The maximum atomic E-state index is 5.76. The number of hydrogen-bond donors (Lipinski definition) is 2. The van der Waals surface area contributed by atoms with Crippen molar-refractivity contribution in [3.05, 3.63) is 53.3 Å². The topological polar surface area (TPSA) is 67.6 Å². The van der Waals surface area contributed by atoms with Crippen molar-refractivity contribution >= 4 is 16.7 Å². The fourth-order valence-electron chi connectivity index (χ4n) is 2.01. The first-order valence-corrected chi connectivity index (χ1v) is 5.86. The van der Waals surface area contributed by atoms with Gasteiger partial charge in [-0.15, -0.1) is 0 Å². The molecule has 2 aromatic heterocycles. The molecule has 0 amide bonds. The number of anilines is 1. The molecule has 0 fully saturated rings. The number of nitrogen functional groups attached to an aromatic ring is 1. The number of benzene rings is 1. The SMILES string of the molecule is Cc1ccc(Cc2[nH]nc3ncc(N)cc23)cc1. The molecule has 2 heterocycles. The zero-order valence-electron chi connectivity index (χ0n) is 10.1. The van der Waals surface area contributed by atoms with E-state index in [0.29, 0.717) is 11.3 Å². The lowest BCUT2D eigenvalue weighted by Crippen LogP contribution is -1.91. The first kappa shape index (κ1) is 10.8. The molecule has 3 rings (SSSR count). The van der Waals surface area contributed by atoms with Crippen LogP contribution in [0.2, 0.25) is 0 Å². The minimum absolute atomic E-state index is 0.661. The number of fused-ring (bicyclic) bond motifs is 1. The summed E-state index contributed by atoms with van der Waals surface area (Å²) >= 11 is 0. The highest BCUT2D eigenvalue weighted by atomic mass is 15.1. The summed E-state index contributed by atoms with van der Waals surface area (Å²) in [5.74, 6) is 0. The van der Waals surface area contributed by atoms with Gasteiger partial charge in [0.1, 0.15) is 0 Å². The predicted molar refractivity (Wildman–Crippen MR) is 72.3 cm³/mol. The highest BCUT2D eigenvalue weighted by Crippen LogP contribution is 2.19. The van der Waals surface area contributed by atoms with Gasteiger partial charge in [-0.3, -0.25) is 5.10 Å². The van der Waals surface area contributed by atoms with Gasteiger partial charge in [-0.05, 0) is 18.6 Å². The van der Waals surface area contributed by atoms with Crippen LogP contribution >= 0.6 is 0 Å². The standard InChI is InChI=1S/C14H14N4/c1-9-2-4-10(5-3-9)6-13-12-7-11(15)8-16-14(12)18-17-13/h2-5,7-8H,6,15H2,1H3,(H,16,17,18). The molecule has 0 spiro atoms. The lowest BCUT2D eigenvalue weighted by molar-refractivity contribution is 1.00. The molecule has 1 aromatic carbocycles. The molecule has 18 heavy (non-hydrogen) atoms. The van der Waals surface area contributed by atoms with Crippen LogP contribution < -0.4 is 5.73 Å². The second-order valence-corrected chi connectivity index (χ2v) is 4.50. The number of nitrogens with two attached hydrogens (primary N) is 1. The van der Waals surface area contributed by atoms with Crippen molar-refractivity contribution in [3.63, 3.8) is 0 Å². The van der Waals surface area contributed by atoms with Gasteiger partial charge in [0, 0.05) is 17.5 Å². The molecule has 0 bridgehead atoms. The molecule has 0 aliphatic rings. The van der Waals surface area contributed by atoms with Gasteiger partial charge in [0.05, 0.1) is 11.9 Å². The van der Waals surface area contributed by atoms with Crippen LogP contribution in [0.15, 0.2) is 36.5 Å². The second kappa shape index (κ2) is 4.14. The Morgan fingerprint density at radius 3 is 2.78 bits per heavy atom. The van der Waals surface area contributed by atoms with E-state index in [9.17, 15) is 0 Å². The number of nitrogens with one attached hydrogen (secondary N) is 1. The summed E-state index contributed by atoms with van der Waals surface area (Å²) < 4.78 is 0. The van der Waals surface area contributed by atoms with Gasteiger partial charge in [-0.1, -0.05) is 29.8 Å². The normalized spacial score (nSPS) is 10.9. The minimum atomic E-state index is 0.661. The number of aromatic nitrogens is 3. The number of nitrogens with zero attached hydrogens (tertiary/aromatic N) is 2. The van der Waals surface area contributed by atoms with Gasteiger partial charge < -0.3 is 5.73 Å². The number of hydrogen-bond acceptors (Lipinski definition) is 3. The predicted octanol–water partition coefficient (Wildman–Crippen LogP) is 2.44. The molecule has 4 nitrogen and oxygen atoms in total. The van der Waals surface area contributed by atoms with E-state index in [4.69, 9.17) is 5.73 Å². The third-order valence-corrected chi connectivity index (χ3v) is 3.01. The Labute approximate surface area is 105 Å². The van der Waals surface area contributed by atoms with Crippen molar-refractivity contribution < 1.29 is 0 Å². The zero-order chi connectivity index (χ0) is 12.5. The maximum absolute atomic E-state index is 5.76. The van der Waals surface area contributed by atoms with Crippen molar-refractivity contribution in [3.8, 4) is 0 Å². The Morgan fingerprint density at radius 2 is 2.00 bits per heavy atom. The van der Waals surface area contributed by atoms with E-state index in [1.54, 1.807) is 6.20 Å². The van der Waals surface area contributed by atoms with E-state index in [1.165, 1.54) is 11.1 Å². The molecule has 90 valence electrons. The summed E-state index contributed by atoms with van der Waals surface area (Å²) in [4.78, 5) is 4.19. The van der Waals surface area contributed by atoms with Crippen LogP contribution in [0.25, 0.3) is 11.0 Å². The largest absolute Gasteiger partial charge is 0.397 e. The van der Waals surface area contributed by atoms with Crippen molar-refractivity contribution in [2.24, 2.45) is 0 Å². The Kier molecular flexibility index (Phi) is 2.48. The van der Waals surface area contributed by atoms with E-state index in [2.05, 4.69) is 46.4 Å². The summed E-state index contributed by atoms with van der Waals surface area (Å²) in [6.07, 6.45) is 2.43. The average molecular weight is 238 g/mol. The van der Waals surface area contributed by atoms with Crippen LogP contribution in [-0.4, -0.2) is 15.2 Å². The van der Waals surface area contributed by atoms with E-state index in [1.807, 2.05) is 6.07 Å². The van der Waals surface area contributed by atoms with Crippen LogP contribution in [0.1, 0.15) is 16.8 Å². The number of pyridine rings is 1. The van der Waals surface area contributed by atoms with Gasteiger partial charge in [-0.25, -0.2) is 4.98 Å². The van der Waals surface area contributed by atoms with Crippen LogP contribution in [0.3, 0.4) is 0 Å². The smallest absolute Gasteiger partial charge is 0.181 e. The Morgan fingerprint density at radius 1 is 1.22 bits per heavy atom. The average Bonchev–Trinajstić information content (AvgIpc) is 2.75. The fourth-order valence-corrected chi connectivity index (χ4v) is 2.01. The molecule has 0 aliphatic heterocycles. The van der Waals surface area contributed by atoms with Gasteiger partial charge in [0.15, 0.2) is 5.65 Å². The monoisotopic (exact) mass is 238 g/mol. The molecule has 0 saturated heterocycles.